The second kappa shape index (κ2) is 29.1. The van der Waals surface area contributed by atoms with Crippen LogP contribution in [0, 0.1) is 5.41 Å². The maximum Gasteiger partial charge on any atom is 0.330 e. The van der Waals surface area contributed by atoms with E-state index in [1.54, 1.807) is 81.4 Å². The number of cyclic esters (lactones) is 2. The smallest absolute Gasteiger partial charge is 0.330 e. The Morgan fingerprint density at radius 1 is 0.762 bits per heavy atom. The average Bonchev–Trinajstić information content (AvgIpc) is 3.41. The average molecular weight is 1170 g/mol. The number of aliphatic hydroxyl groups excluding tert-OH is 1. The molecule has 84 heavy (non-hydrogen) atoms. The van der Waals surface area contributed by atoms with E-state index in [1.807, 2.05) is 12.1 Å². The van der Waals surface area contributed by atoms with Crippen molar-refractivity contribution in [2.24, 2.45) is 5.41 Å². The molecular weight excluding hydrogens is 1080 g/mol. The Kier molecular flexibility index (Phi) is 22.6. The number of ether oxygens (including phenoxy) is 6. The second-order valence-electron chi connectivity index (χ2n) is 23.1. The lowest BCUT2D eigenvalue weighted by molar-refractivity contribution is -0.165. The van der Waals surface area contributed by atoms with Crippen molar-refractivity contribution in [3.63, 3.8) is 0 Å². The summed E-state index contributed by atoms with van der Waals surface area (Å²) >= 11 is 0. The van der Waals surface area contributed by atoms with Crippen molar-refractivity contribution in [2.45, 2.75) is 135 Å². The van der Waals surface area contributed by atoms with E-state index >= 15 is 0 Å². The fourth-order valence-corrected chi connectivity index (χ4v) is 10.0. The largest absolute Gasteiger partial charge is 0.493 e. The number of carbonyl (C=O) groups excluding carboxylic acids is 9. The third kappa shape index (κ3) is 16.9. The van der Waals surface area contributed by atoms with Crippen LogP contribution in [-0.4, -0.2) is 193 Å². The molecule has 0 saturated carbocycles. The fraction of sp³-hybridized carbons (Fsp3) is 0.532. The van der Waals surface area contributed by atoms with Crippen LogP contribution in [-0.2, 0) is 63.8 Å². The first kappa shape index (κ1) is 65.3. The Morgan fingerprint density at radius 2 is 1.46 bits per heavy atom. The number of fused-ring (bicyclic) bond motifs is 4. The summed E-state index contributed by atoms with van der Waals surface area (Å²) in [5, 5.41) is 13.8. The topological polar surface area (TPSA) is 257 Å². The first-order valence-corrected chi connectivity index (χ1v) is 28.3. The van der Waals surface area contributed by atoms with Gasteiger partial charge in [-0.2, -0.15) is 0 Å². The molecule has 6 amide bonds. The van der Waals surface area contributed by atoms with Crippen LogP contribution in [0.4, 0.5) is 0 Å². The number of piperidine rings is 1. The lowest BCUT2D eigenvalue weighted by atomic mass is 9.87. The van der Waals surface area contributed by atoms with Crippen LogP contribution in [0.2, 0.25) is 0 Å². The van der Waals surface area contributed by atoms with Crippen LogP contribution in [0.3, 0.4) is 0 Å². The van der Waals surface area contributed by atoms with E-state index in [0.717, 1.165) is 21.4 Å². The van der Waals surface area contributed by atoms with E-state index in [2.05, 4.69) is 5.32 Å². The number of Topliss-reactive ketones (excluding diaryl/α,β-unsaturated/α-hetero) is 1. The zero-order chi connectivity index (χ0) is 61.6. The number of hydrogen-bond donors (Lipinski definition) is 2. The molecule has 456 valence electrons. The van der Waals surface area contributed by atoms with Gasteiger partial charge in [0.1, 0.15) is 48.7 Å². The lowest BCUT2D eigenvalue weighted by Gasteiger charge is -2.37. The number of likely N-dealkylation sites (N-methyl/N-ethyl adjacent to an activating group) is 3. The molecular formula is C62H82N6O16. The standard InChI is InChI=1S/C62H82N6O16/c1-39-55(73)63-53(41-20-13-12-14-21-41)58(76)66(9)47(36-83-61(2,3)4)57(75)68-35-43(69)34-46(68)56(74)64(7)30-17-16-25-52(71)82-38-62(5,6)54(72)59(77)67-31-18-15-24-45(67)60(78)84-48(28-26-40-27-29-49(79-10)50(32-40)80-11)42-22-19-23-44(33-42)81-37-51(70)65(39)8/h12-14,16,19-23,25,27,29,32-33,39,43,45-48,53,69H,15,17-18,24,26,28,30-31,34-38H2,1-11H3,(H,63,73)/b25-16-/t39-,43?,45-,46-,47-,48+,53?/m0/s1. The van der Waals surface area contributed by atoms with Crippen LogP contribution >= 0.6 is 0 Å². The van der Waals surface area contributed by atoms with E-state index in [0.29, 0.717) is 41.9 Å². The SMILES string of the molecule is COc1ccc(CC[C@H]2OC(=O)[C@@H]3CCCCN3C(=O)C(=O)C(C)(C)COC(=O)/C=C\CCN(C)C(=O)[C@@H]3CC(O)CN3C(=O)[C@H](COC(C)(C)C)N(C)C(=O)C(c3ccccc3)NC(=O)[C@H](C)N(C)C(=O)COc3cccc2c3)cc1OC. The van der Waals surface area contributed by atoms with Gasteiger partial charge in [-0.15, -0.1) is 0 Å². The normalized spacial score (nSPS) is 24.9. The molecule has 3 aromatic rings. The maximum atomic E-state index is 14.9. The van der Waals surface area contributed by atoms with Gasteiger partial charge in [-0.1, -0.05) is 54.6 Å². The predicted molar refractivity (Wildman–Crippen MR) is 307 cm³/mol. The summed E-state index contributed by atoms with van der Waals surface area (Å²) in [6.07, 6.45) is 2.52. The zero-order valence-corrected chi connectivity index (χ0v) is 50.1. The summed E-state index contributed by atoms with van der Waals surface area (Å²) in [5.41, 5.74) is -0.631. The van der Waals surface area contributed by atoms with Crippen molar-refractivity contribution >= 4 is 53.2 Å². The van der Waals surface area contributed by atoms with Gasteiger partial charge in [-0.25, -0.2) is 9.59 Å². The number of esters is 2. The summed E-state index contributed by atoms with van der Waals surface area (Å²) in [6, 6.07) is 14.2. The van der Waals surface area contributed by atoms with Gasteiger partial charge in [0, 0.05) is 53.3 Å². The highest BCUT2D eigenvalue weighted by atomic mass is 16.5. The Labute approximate surface area is 491 Å². The highest BCUT2D eigenvalue weighted by Gasteiger charge is 2.46. The molecule has 0 spiro atoms. The number of nitrogens with zero attached hydrogens (tertiary/aromatic N) is 5. The summed E-state index contributed by atoms with van der Waals surface area (Å²) < 4.78 is 34.9. The van der Waals surface area contributed by atoms with Crippen LogP contribution < -0.4 is 19.5 Å². The van der Waals surface area contributed by atoms with E-state index in [9.17, 15) is 48.3 Å². The van der Waals surface area contributed by atoms with Crippen LogP contribution in [0.25, 0.3) is 0 Å². The van der Waals surface area contributed by atoms with Gasteiger partial charge in [-0.05, 0) is 121 Å². The van der Waals surface area contributed by atoms with Gasteiger partial charge in [-0.3, -0.25) is 33.6 Å². The minimum Gasteiger partial charge on any atom is -0.493 e. The number of methoxy groups -OCH3 is 2. The monoisotopic (exact) mass is 1170 g/mol. The third-order valence-electron chi connectivity index (χ3n) is 15.3. The number of aryl methyl sites for hydroxylation is 1. The highest BCUT2D eigenvalue weighted by Crippen LogP contribution is 2.33. The summed E-state index contributed by atoms with van der Waals surface area (Å²) in [7, 11) is 7.35. The molecule has 2 N–H and O–H groups in total. The Hall–Kier alpha value is -7.85. The number of amides is 6. The number of hydrogen-bond acceptors (Lipinski definition) is 16. The summed E-state index contributed by atoms with van der Waals surface area (Å²) in [6.45, 7) is 8.31. The van der Waals surface area contributed by atoms with Crippen molar-refractivity contribution in [3.8, 4) is 17.2 Å². The maximum absolute atomic E-state index is 14.9. The Balaban J connectivity index is 1.33. The highest BCUT2D eigenvalue weighted by molar-refractivity contribution is 6.38. The zero-order valence-electron chi connectivity index (χ0n) is 50.1. The van der Waals surface area contributed by atoms with Crippen LogP contribution in [0.5, 0.6) is 17.2 Å². The molecule has 6 rings (SSSR count). The van der Waals surface area contributed by atoms with E-state index in [-0.39, 0.29) is 57.7 Å². The van der Waals surface area contributed by atoms with E-state index in [1.165, 1.54) is 76.9 Å². The molecule has 0 aromatic heterocycles. The molecule has 0 radical (unpaired) electrons. The van der Waals surface area contributed by atoms with Crippen molar-refractivity contribution in [3.05, 3.63) is 102 Å². The first-order valence-electron chi connectivity index (χ1n) is 28.3. The third-order valence-corrected chi connectivity index (χ3v) is 15.3. The van der Waals surface area contributed by atoms with Crippen molar-refractivity contribution < 1.29 is 76.7 Å². The van der Waals surface area contributed by atoms with Crippen molar-refractivity contribution in [2.75, 3.05) is 74.8 Å². The summed E-state index contributed by atoms with van der Waals surface area (Å²) in [5.74, 6) is -5.40. The number of nitrogens with one attached hydrogen (secondary N) is 1. The molecule has 2 saturated heterocycles. The van der Waals surface area contributed by atoms with Crippen molar-refractivity contribution in [1.82, 2.24) is 29.8 Å². The quantitative estimate of drug-likeness (QED) is 0.232. The molecule has 22 heteroatoms. The Morgan fingerprint density at radius 3 is 2.15 bits per heavy atom. The molecule has 2 bridgehead atoms. The summed E-state index contributed by atoms with van der Waals surface area (Å²) in [4.78, 5) is 134. The van der Waals surface area contributed by atoms with Crippen LogP contribution in [0.15, 0.2) is 84.9 Å². The number of aliphatic hydroxyl groups is 1. The molecule has 3 heterocycles. The molecule has 3 aromatic carbocycles. The number of rotatable bonds is 8. The van der Waals surface area contributed by atoms with Gasteiger partial charge in [0.2, 0.25) is 29.4 Å². The molecule has 3 aliphatic heterocycles. The molecule has 0 aliphatic carbocycles. The second-order valence-corrected chi connectivity index (χ2v) is 23.1. The molecule has 7 atom stereocenters. The fourth-order valence-electron chi connectivity index (χ4n) is 10.0. The molecule has 2 fully saturated rings. The van der Waals surface area contributed by atoms with Gasteiger partial charge < -0.3 is 63.3 Å². The van der Waals surface area contributed by atoms with Gasteiger partial charge in [0.05, 0.1) is 37.9 Å². The van der Waals surface area contributed by atoms with Crippen LogP contribution in [0.1, 0.15) is 109 Å². The minimum absolute atomic E-state index is 0.0693. The van der Waals surface area contributed by atoms with E-state index in [4.69, 9.17) is 28.4 Å². The minimum atomic E-state index is -1.52. The van der Waals surface area contributed by atoms with Gasteiger partial charge in [0.25, 0.3) is 11.8 Å². The van der Waals surface area contributed by atoms with Gasteiger partial charge in [0.15, 0.2) is 18.1 Å². The Bertz CT molecular complexity index is 2890. The number of ketones is 1. The lowest BCUT2D eigenvalue weighted by Crippen LogP contribution is -2.58. The number of benzene rings is 3. The molecule has 2 unspecified atom stereocenters. The first-order chi connectivity index (χ1) is 39.7. The molecule has 3 aliphatic rings. The number of carbonyl (C=O) groups is 9. The van der Waals surface area contributed by atoms with Crippen molar-refractivity contribution in [1.29, 1.82) is 0 Å². The van der Waals surface area contributed by atoms with E-state index < -0.39 is 120 Å². The predicted octanol–water partition coefficient (Wildman–Crippen LogP) is 4.55. The molecule has 22 nitrogen and oxygen atoms in total. The van der Waals surface area contributed by atoms with Gasteiger partial charge >= 0.3 is 11.9 Å².